The van der Waals surface area contributed by atoms with E-state index in [0.717, 1.165) is 17.5 Å². The molecule has 4 rings (SSSR count). The Morgan fingerprint density at radius 3 is 2.67 bits per heavy atom. The number of methoxy groups -OCH3 is 1. The van der Waals surface area contributed by atoms with Gasteiger partial charge in [0, 0.05) is 24.4 Å². The standard InChI is InChI=1S/C28H24FN5O2/c1-36-27-12-9-21(17-32-27)18-34(19-35)26-11-10-25(24-8-3-2-6-22(24)16-30)33-28(26)31-14-13-20-5-4-7-23(29)15-20/h2-12,15,17,19H,13-14,18H2,1H3,(H,31,33). The number of hydrogen-bond donors (Lipinski definition) is 1. The average molecular weight is 482 g/mol. The molecule has 4 aromatic rings. The van der Waals surface area contributed by atoms with E-state index >= 15 is 0 Å². The molecule has 36 heavy (non-hydrogen) atoms. The fraction of sp³-hybridized carbons (Fsp3) is 0.143. The Morgan fingerprint density at radius 1 is 1.08 bits per heavy atom. The molecule has 0 radical (unpaired) electrons. The minimum Gasteiger partial charge on any atom is -0.481 e. The highest BCUT2D eigenvalue weighted by Crippen LogP contribution is 2.30. The van der Waals surface area contributed by atoms with Gasteiger partial charge >= 0.3 is 0 Å². The van der Waals surface area contributed by atoms with Crippen molar-refractivity contribution in [2.45, 2.75) is 13.0 Å². The fourth-order valence-electron chi connectivity index (χ4n) is 3.79. The third-order valence-electron chi connectivity index (χ3n) is 5.59. The van der Waals surface area contributed by atoms with Crippen LogP contribution in [-0.4, -0.2) is 30.0 Å². The zero-order valence-corrected chi connectivity index (χ0v) is 19.7. The molecule has 7 nitrogen and oxygen atoms in total. The first-order valence-corrected chi connectivity index (χ1v) is 11.3. The van der Waals surface area contributed by atoms with E-state index in [2.05, 4.69) is 16.4 Å². The van der Waals surface area contributed by atoms with Gasteiger partial charge in [0.15, 0.2) is 5.82 Å². The van der Waals surface area contributed by atoms with Crippen LogP contribution in [-0.2, 0) is 17.8 Å². The Morgan fingerprint density at radius 2 is 1.94 bits per heavy atom. The number of nitrogens with zero attached hydrogens (tertiary/aromatic N) is 4. The summed E-state index contributed by atoms with van der Waals surface area (Å²) in [6.45, 7) is 0.735. The van der Waals surface area contributed by atoms with Crippen LogP contribution in [0.25, 0.3) is 11.3 Å². The Balaban J connectivity index is 1.65. The van der Waals surface area contributed by atoms with Gasteiger partial charge in [-0.25, -0.2) is 14.4 Å². The topological polar surface area (TPSA) is 91.1 Å². The maximum absolute atomic E-state index is 13.6. The lowest BCUT2D eigenvalue weighted by Crippen LogP contribution is -2.23. The molecule has 8 heteroatoms. The first-order chi connectivity index (χ1) is 17.6. The quantitative estimate of drug-likeness (QED) is 0.321. The van der Waals surface area contributed by atoms with Gasteiger partial charge in [-0.1, -0.05) is 36.4 Å². The molecule has 2 aromatic heterocycles. The molecule has 0 aliphatic carbocycles. The monoisotopic (exact) mass is 481 g/mol. The van der Waals surface area contributed by atoms with Gasteiger partial charge in [0.05, 0.1) is 36.7 Å². The molecule has 0 bridgehead atoms. The van der Waals surface area contributed by atoms with Crippen LogP contribution < -0.4 is 15.0 Å². The van der Waals surface area contributed by atoms with E-state index in [1.807, 2.05) is 24.3 Å². The van der Waals surface area contributed by atoms with Crippen molar-refractivity contribution in [2.24, 2.45) is 0 Å². The van der Waals surface area contributed by atoms with Crippen molar-refractivity contribution in [2.75, 3.05) is 23.9 Å². The summed E-state index contributed by atoms with van der Waals surface area (Å²) in [7, 11) is 1.54. The fourth-order valence-corrected chi connectivity index (χ4v) is 3.79. The second-order valence-electron chi connectivity index (χ2n) is 7.97. The number of rotatable bonds is 10. The van der Waals surface area contributed by atoms with E-state index in [1.165, 1.54) is 17.0 Å². The lowest BCUT2D eigenvalue weighted by molar-refractivity contribution is -0.107. The van der Waals surface area contributed by atoms with Crippen LogP contribution in [0, 0.1) is 17.1 Å². The van der Waals surface area contributed by atoms with Crippen LogP contribution in [0.3, 0.4) is 0 Å². The van der Waals surface area contributed by atoms with Crippen molar-refractivity contribution in [1.82, 2.24) is 9.97 Å². The average Bonchev–Trinajstić information content (AvgIpc) is 2.92. The molecule has 0 fully saturated rings. The van der Waals surface area contributed by atoms with Crippen molar-refractivity contribution >= 4 is 17.9 Å². The summed E-state index contributed by atoms with van der Waals surface area (Å²) >= 11 is 0. The lowest BCUT2D eigenvalue weighted by atomic mass is 10.0. The SMILES string of the molecule is COc1ccc(CN(C=O)c2ccc(-c3ccccc3C#N)nc2NCCc2cccc(F)c2)cn1. The van der Waals surface area contributed by atoms with Gasteiger partial charge in [-0.15, -0.1) is 0 Å². The second-order valence-corrected chi connectivity index (χ2v) is 7.97. The Hall–Kier alpha value is -4.77. The first-order valence-electron chi connectivity index (χ1n) is 11.3. The van der Waals surface area contributed by atoms with E-state index in [-0.39, 0.29) is 12.4 Å². The van der Waals surface area contributed by atoms with Crippen molar-refractivity contribution in [3.05, 3.63) is 102 Å². The maximum Gasteiger partial charge on any atom is 0.214 e. The minimum atomic E-state index is -0.290. The van der Waals surface area contributed by atoms with Crippen LogP contribution in [0.4, 0.5) is 15.9 Å². The van der Waals surface area contributed by atoms with E-state index in [9.17, 15) is 14.4 Å². The van der Waals surface area contributed by atoms with Crippen molar-refractivity contribution < 1.29 is 13.9 Å². The molecule has 0 aliphatic heterocycles. The molecule has 1 amide bonds. The number of pyridine rings is 2. The van der Waals surface area contributed by atoms with Crippen LogP contribution in [0.15, 0.2) is 79.0 Å². The highest BCUT2D eigenvalue weighted by molar-refractivity contribution is 5.83. The Bertz CT molecular complexity index is 1390. The molecular formula is C28H24FN5O2. The van der Waals surface area contributed by atoms with E-state index in [4.69, 9.17) is 9.72 Å². The molecule has 180 valence electrons. The van der Waals surface area contributed by atoms with E-state index < -0.39 is 0 Å². The molecule has 0 spiro atoms. The molecule has 1 N–H and O–H groups in total. The predicted octanol–water partition coefficient (Wildman–Crippen LogP) is 4.98. The van der Waals surface area contributed by atoms with Gasteiger partial charge in [-0.3, -0.25) is 4.79 Å². The normalized spacial score (nSPS) is 10.4. The molecule has 0 unspecified atom stereocenters. The Labute approximate surface area is 208 Å². The van der Waals surface area contributed by atoms with Gasteiger partial charge in [0.2, 0.25) is 12.3 Å². The zero-order chi connectivity index (χ0) is 25.3. The number of anilines is 2. The molecule has 0 saturated heterocycles. The van der Waals surface area contributed by atoms with E-state index in [1.54, 1.807) is 49.7 Å². The van der Waals surface area contributed by atoms with E-state index in [0.29, 0.717) is 47.2 Å². The molecule has 0 saturated carbocycles. The second kappa shape index (κ2) is 11.6. The number of carbonyl (C=O) groups excluding carboxylic acids is 1. The Kier molecular flexibility index (Phi) is 7.83. The van der Waals surface area contributed by atoms with Gasteiger partial charge in [-0.05, 0) is 47.9 Å². The highest BCUT2D eigenvalue weighted by atomic mass is 19.1. The number of nitrogens with one attached hydrogen (secondary N) is 1. The molecule has 2 heterocycles. The summed E-state index contributed by atoms with van der Waals surface area (Å²) in [4.78, 5) is 22.6. The summed E-state index contributed by atoms with van der Waals surface area (Å²) in [5, 5.41) is 12.8. The largest absolute Gasteiger partial charge is 0.481 e. The number of nitriles is 1. The van der Waals surface area contributed by atoms with Crippen LogP contribution in [0.2, 0.25) is 0 Å². The smallest absolute Gasteiger partial charge is 0.214 e. The summed E-state index contributed by atoms with van der Waals surface area (Å²) < 4.78 is 18.7. The summed E-state index contributed by atoms with van der Waals surface area (Å²) in [5.41, 5.74) is 4.01. The summed E-state index contributed by atoms with van der Waals surface area (Å²) in [5.74, 6) is 0.671. The van der Waals surface area contributed by atoms with Crippen molar-refractivity contribution in [3.8, 4) is 23.2 Å². The number of halogens is 1. The van der Waals surface area contributed by atoms with Crippen LogP contribution >= 0.6 is 0 Å². The third kappa shape index (κ3) is 5.83. The van der Waals surface area contributed by atoms with Gasteiger partial charge < -0.3 is 15.0 Å². The predicted molar refractivity (Wildman–Crippen MR) is 136 cm³/mol. The maximum atomic E-state index is 13.6. The molecule has 0 atom stereocenters. The van der Waals surface area contributed by atoms with Crippen LogP contribution in [0.5, 0.6) is 5.88 Å². The van der Waals surface area contributed by atoms with Crippen molar-refractivity contribution in [3.63, 3.8) is 0 Å². The van der Waals surface area contributed by atoms with Gasteiger partial charge in [0.25, 0.3) is 0 Å². The van der Waals surface area contributed by atoms with Gasteiger partial charge in [0.1, 0.15) is 5.82 Å². The third-order valence-corrected chi connectivity index (χ3v) is 5.59. The van der Waals surface area contributed by atoms with Crippen LogP contribution in [0.1, 0.15) is 16.7 Å². The first kappa shape index (κ1) is 24.4. The van der Waals surface area contributed by atoms with Gasteiger partial charge in [-0.2, -0.15) is 5.26 Å². The minimum absolute atomic E-state index is 0.273. The number of carbonyl (C=O) groups is 1. The lowest BCUT2D eigenvalue weighted by Gasteiger charge is -2.22. The molecular weight excluding hydrogens is 457 g/mol. The molecule has 0 aliphatic rings. The molecule has 2 aromatic carbocycles. The number of aromatic nitrogens is 2. The van der Waals surface area contributed by atoms with Crippen molar-refractivity contribution in [1.29, 1.82) is 5.26 Å². The number of amides is 1. The summed E-state index contributed by atoms with van der Waals surface area (Å²) in [6.07, 6.45) is 2.95. The summed E-state index contributed by atoms with van der Waals surface area (Å²) in [6, 6.07) is 23.0. The number of benzene rings is 2. The number of ether oxygens (including phenoxy) is 1. The zero-order valence-electron chi connectivity index (χ0n) is 19.7. The number of hydrogen-bond acceptors (Lipinski definition) is 6. The highest BCUT2D eigenvalue weighted by Gasteiger charge is 2.16.